The molecule has 0 fully saturated rings. The summed E-state index contributed by atoms with van der Waals surface area (Å²) in [5.74, 6) is -0.706. The lowest BCUT2D eigenvalue weighted by Crippen LogP contribution is -2.21. The maximum Gasteiger partial charge on any atom is 0.310 e. The van der Waals surface area contributed by atoms with Gasteiger partial charge >= 0.3 is 5.97 Å². The molecule has 1 N–H and O–H groups in total. The monoisotopic (exact) mass is 366 g/mol. The molecule has 0 saturated heterocycles. The number of ether oxygens (including phenoxy) is 1. The molecule has 27 heavy (non-hydrogen) atoms. The minimum absolute atomic E-state index is 0.102. The first kappa shape index (κ1) is 18.6. The van der Waals surface area contributed by atoms with Gasteiger partial charge in [-0.15, -0.1) is 0 Å². The lowest BCUT2D eigenvalue weighted by molar-refractivity contribution is -0.146. The molecule has 0 spiro atoms. The van der Waals surface area contributed by atoms with E-state index in [0.717, 1.165) is 22.0 Å². The van der Waals surface area contributed by atoms with E-state index in [1.165, 1.54) is 0 Å². The third-order valence-corrected chi connectivity index (χ3v) is 4.12. The van der Waals surface area contributed by atoms with Crippen molar-refractivity contribution < 1.29 is 18.8 Å². The summed E-state index contributed by atoms with van der Waals surface area (Å²) in [6, 6.07) is 15.2. The smallest absolute Gasteiger partial charge is 0.310 e. The Balaban J connectivity index is 1.54. The second-order valence-electron chi connectivity index (χ2n) is 7.35. The van der Waals surface area contributed by atoms with Gasteiger partial charge in [-0.25, -0.2) is 0 Å². The van der Waals surface area contributed by atoms with Crippen molar-refractivity contribution in [3.05, 3.63) is 59.8 Å². The Labute approximate surface area is 157 Å². The van der Waals surface area contributed by atoms with Gasteiger partial charge in [-0.1, -0.05) is 68.4 Å². The van der Waals surface area contributed by atoms with Crippen molar-refractivity contribution in [1.82, 2.24) is 5.16 Å². The van der Waals surface area contributed by atoms with Gasteiger partial charge in [0.1, 0.15) is 0 Å². The minimum atomic E-state index is -0.474. The van der Waals surface area contributed by atoms with Gasteiger partial charge in [-0.05, 0) is 16.3 Å². The molecule has 1 heterocycles. The lowest BCUT2D eigenvalue weighted by Gasteiger charge is -2.12. The number of benzene rings is 2. The number of hydrogen-bond donors (Lipinski definition) is 1. The zero-order valence-corrected chi connectivity index (χ0v) is 15.6. The van der Waals surface area contributed by atoms with Gasteiger partial charge in [-0.3, -0.25) is 14.9 Å². The van der Waals surface area contributed by atoms with Crippen LogP contribution in [-0.2, 0) is 26.2 Å². The van der Waals surface area contributed by atoms with Crippen LogP contribution in [0.25, 0.3) is 10.8 Å². The number of amides is 1. The molecule has 6 nitrogen and oxygen atoms in total. The molecule has 0 aliphatic carbocycles. The van der Waals surface area contributed by atoms with Crippen molar-refractivity contribution >= 4 is 28.5 Å². The van der Waals surface area contributed by atoms with Crippen LogP contribution in [-0.4, -0.2) is 23.6 Å². The molecule has 0 unspecified atom stereocenters. The number of carbonyl (C=O) groups is 2. The average molecular weight is 366 g/mol. The molecule has 2 aromatic carbocycles. The van der Waals surface area contributed by atoms with Gasteiger partial charge in [0.05, 0.1) is 12.1 Å². The van der Waals surface area contributed by atoms with Crippen LogP contribution in [0.2, 0.25) is 0 Å². The van der Waals surface area contributed by atoms with E-state index in [2.05, 4.69) is 10.5 Å². The van der Waals surface area contributed by atoms with Crippen LogP contribution in [0.5, 0.6) is 0 Å². The van der Waals surface area contributed by atoms with Crippen LogP contribution in [0.1, 0.15) is 32.0 Å². The number of aromatic nitrogens is 1. The summed E-state index contributed by atoms with van der Waals surface area (Å²) in [5, 5.41) is 8.51. The second kappa shape index (κ2) is 7.61. The number of carbonyl (C=O) groups excluding carboxylic acids is 2. The molecule has 0 aliphatic heterocycles. The Morgan fingerprint density at radius 2 is 1.85 bits per heavy atom. The number of nitrogens with one attached hydrogen (secondary N) is 1. The molecule has 0 atom stereocenters. The van der Waals surface area contributed by atoms with Crippen LogP contribution >= 0.6 is 0 Å². The first-order chi connectivity index (χ1) is 12.8. The summed E-state index contributed by atoms with van der Waals surface area (Å²) in [6.07, 6.45) is 0.102. The van der Waals surface area contributed by atoms with E-state index in [1.807, 2.05) is 63.2 Å². The number of esters is 1. The topological polar surface area (TPSA) is 81.4 Å². The lowest BCUT2D eigenvalue weighted by atomic mass is 9.92. The quantitative estimate of drug-likeness (QED) is 0.694. The summed E-state index contributed by atoms with van der Waals surface area (Å²) < 4.78 is 10.2. The van der Waals surface area contributed by atoms with Crippen molar-refractivity contribution in [2.75, 3.05) is 11.9 Å². The molecule has 1 amide bonds. The Morgan fingerprint density at radius 1 is 1.11 bits per heavy atom. The van der Waals surface area contributed by atoms with E-state index in [-0.39, 0.29) is 24.3 Å². The molecular formula is C21H22N2O4. The molecule has 3 rings (SSSR count). The highest BCUT2D eigenvalue weighted by molar-refractivity contribution is 5.92. The Hall–Kier alpha value is -3.15. The summed E-state index contributed by atoms with van der Waals surface area (Å²) in [4.78, 5) is 24.1. The third kappa shape index (κ3) is 4.73. The first-order valence-electron chi connectivity index (χ1n) is 8.72. The molecule has 6 heteroatoms. The van der Waals surface area contributed by atoms with E-state index in [4.69, 9.17) is 9.26 Å². The second-order valence-corrected chi connectivity index (χ2v) is 7.35. The van der Waals surface area contributed by atoms with Crippen LogP contribution in [0, 0.1) is 0 Å². The fourth-order valence-corrected chi connectivity index (χ4v) is 2.66. The van der Waals surface area contributed by atoms with Crippen molar-refractivity contribution in [1.29, 1.82) is 0 Å². The molecule has 0 radical (unpaired) electrons. The van der Waals surface area contributed by atoms with E-state index >= 15 is 0 Å². The summed E-state index contributed by atoms with van der Waals surface area (Å²) in [7, 11) is 0. The van der Waals surface area contributed by atoms with Gasteiger partial charge in [0.15, 0.2) is 6.61 Å². The van der Waals surface area contributed by atoms with E-state index < -0.39 is 11.9 Å². The van der Waals surface area contributed by atoms with Crippen molar-refractivity contribution in [2.45, 2.75) is 32.6 Å². The van der Waals surface area contributed by atoms with E-state index in [9.17, 15) is 9.59 Å². The maximum absolute atomic E-state index is 12.1. The minimum Gasteiger partial charge on any atom is -0.455 e. The van der Waals surface area contributed by atoms with Crippen molar-refractivity contribution in [3.8, 4) is 0 Å². The molecule has 0 aliphatic rings. The highest BCUT2D eigenvalue weighted by atomic mass is 16.5. The Kier molecular flexibility index (Phi) is 5.26. The molecule has 0 saturated carbocycles. The SMILES string of the molecule is CC(C)(C)c1cc(NC(=O)COC(=O)Cc2cccc3ccccc23)on1. The number of hydrogen-bond acceptors (Lipinski definition) is 5. The molecule has 140 valence electrons. The van der Waals surface area contributed by atoms with E-state index in [0.29, 0.717) is 0 Å². The summed E-state index contributed by atoms with van der Waals surface area (Å²) in [5.41, 5.74) is 1.41. The van der Waals surface area contributed by atoms with Crippen LogP contribution < -0.4 is 5.32 Å². The normalized spacial score (nSPS) is 11.4. The standard InChI is InChI=1S/C21H22N2O4/c1-21(2,3)17-12-19(27-23-17)22-18(24)13-26-20(25)11-15-9-6-8-14-7-4-5-10-16(14)15/h4-10,12H,11,13H2,1-3H3,(H,22,24). The number of fused-ring (bicyclic) bond motifs is 1. The maximum atomic E-state index is 12.1. The van der Waals surface area contributed by atoms with Crippen molar-refractivity contribution in [2.24, 2.45) is 0 Å². The van der Waals surface area contributed by atoms with Crippen LogP contribution in [0.4, 0.5) is 5.88 Å². The van der Waals surface area contributed by atoms with Gasteiger partial charge in [0.2, 0.25) is 5.88 Å². The zero-order valence-electron chi connectivity index (χ0n) is 15.6. The molecule has 3 aromatic rings. The highest BCUT2D eigenvalue weighted by Crippen LogP contribution is 2.23. The zero-order chi connectivity index (χ0) is 19.4. The van der Waals surface area contributed by atoms with Crippen LogP contribution in [0.15, 0.2) is 53.1 Å². The van der Waals surface area contributed by atoms with Gasteiger partial charge in [0, 0.05) is 11.5 Å². The number of rotatable bonds is 5. The van der Waals surface area contributed by atoms with Crippen LogP contribution in [0.3, 0.4) is 0 Å². The number of nitrogens with zero attached hydrogens (tertiary/aromatic N) is 1. The third-order valence-electron chi connectivity index (χ3n) is 4.12. The predicted octanol–water partition coefficient (Wildman–Crippen LogP) is 3.85. The van der Waals surface area contributed by atoms with Gasteiger partial charge < -0.3 is 9.26 Å². The molecular weight excluding hydrogens is 344 g/mol. The van der Waals surface area contributed by atoms with Crippen molar-refractivity contribution in [3.63, 3.8) is 0 Å². The molecule has 1 aromatic heterocycles. The number of anilines is 1. The summed E-state index contributed by atoms with van der Waals surface area (Å²) >= 11 is 0. The summed E-state index contributed by atoms with van der Waals surface area (Å²) in [6.45, 7) is 5.59. The average Bonchev–Trinajstić information content (AvgIpc) is 3.09. The highest BCUT2D eigenvalue weighted by Gasteiger charge is 2.20. The largest absolute Gasteiger partial charge is 0.455 e. The van der Waals surface area contributed by atoms with E-state index in [1.54, 1.807) is 6.07 Å². The Morgan fingerprint density at radius 3 is 2.59 bits per heavy atom. The first-order valence-corrected chi connectivity index (χ1v) is 8.72. The van der Waals surface area contributed by atoms with Gasteiger partial charge in [-0.2, -0.15) is 0 Å². The molecule has 0 bridgehead atoms. The van der Waals surface area contributed by atoms with Gasteiger partial charge in [0.25, 0.3) is 5.91 Å². The fourth-order valence-electron chi connectivity index (χ4n) is 2.66. The Bertz CT molecular complexity index is 964. The predicted molar refractivity (Wildman–Crippen MR) is 102 cm³/mol. The fraction of sp³-hybridized carbons (Fsp3) is 0.286.